The minimum Gasteiger partial charge on any atom is -0.462 e. The van der Waals surface area contributed by atoms with Crippen LogP contribution in [0.5, 0.6) is 0 Å². The smallest absolute Gasteiger partial charge is 0.306 e. The lowest BCUT2D eigenvalue weighted by Gasteiger charge is -2.15. The number of aliphatic hydroxyl groups excluding tert-OH is 1. The molecule has 1 unspecified atom stereocenters. The minimum atomic E-state index is -0.788. The molecule has 0 amide bonds. The van der Waals surface area contributed by atoms with Gasteiger partial charge in [0.25, 0.3) is 0 Å². The molecule has 46 heavy (non-hydrogen) atoms. The first-order chi connectivity index (χ1) is 22.6. The van der Waals surface area contributed by atoms with E-state index in [1.807, 2.05) is 0 Å². The Labute approximate surface area is 284 Å². The molecule has 0 aliphatic rings. The Morgan fingerprint density at radius 2 is 0.870 bits per heavy atom. The molecule has 266 valence electrons. The number of esters is 2. The van der Waals surface area contributed by atoms with Crippen molar-refractivity contribution in [3.8, 4) is 0 Å². The van der Waals surface area contributed by atoms with Crippen LogP contribution < -0.4 is 0 Å². The van der Waals surface area contributed by atoms with Gasteiger partial charge in [0, 0.05) is 12.8 Å². The molecule has 0 saturated heterocycles. The second kappa shape index (κ2) is 37.3. The monoisotopic (exact) mass is 645 g/mol. The van der Waals surface area contributed by atoms with Gasteiger partial charge in [-0.25, -0.2) is 0 Å². The van der Waals surface area contributed by atoms with Crippen molar-refractivity contribution in [3.05, 3.63) is 48.6 Å². The van der Waals surface area contributed by atoms with E-state index in [9.17, 15) is 14.7 Å². The topological polar surface area (TPSA) is 72.8 Å². The average molecular weight is 645 g/mol. The second-order valence-corrected chi connectivity index (χ2v) is 12.6. The Hall–Kier alpha value is -2.14. The van der Waals surface area contributed by atoms with E-state index in [-0.39, 0.29) is 25.2 Å². The number of hydrogen-bond acceptors (Lipinski definition) is 5. The summed E-state index contributed by atoms with van der Waals surface area (Å²) >= 11 is 0. The highest BCUT2D eigenvalue weighted by Crippen LogP contribution is 2.12. The van der Waals surface area contributed by atoms with Crippen molar-refractivity contribution in [2.75, 3.05) is 13.2 Å². The van der Waals surface area contributed by atoms with Crippen LogP contribution in [0.3, 0.4) is 0 Å². The van der Waals surface area contributed by atoms with Gasteiger partial charge in [-0.1, -0.05) is 140 Å². The zero-order chi connectivity index (χ0) is 33.6. The van der Waals surface area contributed by atoms with E-state index in [0.717, 1.165) is 51.4 Å². The molecule has 5 heteroatoms. The maximum atomic E-state index is 12.2. The zero-order valence-corrected chi connectivity index (χ0v) is 30.1. The van der Waals surface area contributed by atoms with Crippen LogP contribution >= 0.6 is 0 Å². The van der Waals surface area contributed by atoms with Crippen LogP contribution in [0.2, 0.25) is 0 Å². The molecule has 0 heterocycles. The Bertz CT molecular complexity index is 782. The van der Waals surface area contributed by atoms with Crippen molar-refractivity contribution in [1.82, 2.24) is 0 Å². The van der Waals surface area contributed by atoms with E-state index >= 15 is 0 Å². The van der Waals surface area contributed by atoms with Gasteiger partial charge in [0.1, 0.15) is 6.61 Å². The molecule has 0 fully saturated rings. The van der Waals surface area contributed by atoms with Crippen LogP contribution in [0.1, 0.15) is 181 Å². The molecule has 0 radical (unpaired) electrons. The van der Waals surface area contributed by atoms with Crippen LogP contribution in [-0.2, 0) is 19.1 Å². The summed E-state index contributed by atoms with van der Waals surface area (Å²) in [6.07, 6.45) is 46.0. The molecule has 0 aliphatic carbocycles. The summed E-state index contributed by atoms with van der Waals surface area (Å²) in [5.74, 6) is -0.642. The molecule has 0 spiro atoms. The van der Waals surface area contributed by atoms with Crippen molar-refractivity contribution in [2.24, 2.45) is 0 Å². The van der Waals surface area contributed by atoms with Crippen LogP contribution in [0, 0.1) is 0 Å². The number of aliphatic hydroxyl groups is 1. The maximum Gasteiger partial charge on any atom is 0.306 e. The first kappa shape index (κ1) is 43.9. The molecule has 5 nitrogen and oxygen atoms in total. The normalized spacial score (nSPS) is 12.7. The van der Waals surface area contributed by atoms with E-state index in [0.29, 0.717) is 12.8 Å². The summed E-state index contributed by atoms with van der Waals surface area (Å²) in [6.45, 7) is 4.06. The standard InChI is InChI=1S/C41H72O5/c1-3-5-7-9-11-13-15-17-19-20-22-24-26-28-30-32-34-36-41(44)46-39(37-42)38-45-40(43)35-33-31-29-27-25-23-21-18-16-14-12-10-8-6-4-2/h12,14,17-19,21,25,27,39,42H,3-11,13,15-16,20,22-24,26,28-38H2,1-2H3. The lowest BCUT2D eigenvalue weighted by atomic mass is 10.1. The lowest BCUT2D eigenvalue weighted by molar-refractivity contribution is -0.161. The number of allylic oxidation sites excluding steroid dienone is 8. The van der Waals surface area contributed by atoms with Crippen molar-refractivity contribution in [3.63, 3.8) is 0 Å². The molecule has 1 N–H and O–H groups in total. The van der Waals surface area contributed by atoms with Crippen LogP contribution in [-0.4, -0.2) is 36.4 Å². The number of unbranched alkanes of at least 4 members (excludes halogenated alkanes) is 18. The van der Waals surface area contributed by atoms with Gasteiger partial charge < -0.3 is 14.6 Å². The predicted molar refractivity (Wildman–Crippen MR) is 196 cm³/mol. The predicted octanol–water partition coefficient (Wildman–Crippen LogP) is 11.8. The van der Waals surface area contributed by atoms with Gasteiger partial charge in [-0.05, 0) is 77.0 Å². The largest absolute Gasteiger partial charge is 0.462 e. The summed E-state index contributed by atoms with van der Waals surface area (Å²) in [6, 6.07) is 0. The van der Waals surface area contributed by atoms with Crippen LogP contribution in [0.25, 0.3) is 0 Å². The molecule has 0 aliphatic heterocycles. The number of hydrogen-bond donors (Lipinski definition) is 1. The Balaban J connectivity index is 3.63. The maximum absolute atomic E-state index is 12.2. The average Bonchev–Trinajstić information content (AvgIpc) is 3.06. The third kappa shape index (κ3) is 34.7. The SMILES string of the molecule is CCCCCC=CCC=CCC=CCCCCC(=O)OCC(CO)OC(=O)CCCCCCCCCC=CCCCCCCCC. The molecular formula is C41H72O5. The first-order valence-corrected chi connectivity index (χ1v) is 19.2. The lowest BCUT2D eigenvalue weighted by Crippen LogP contribution is -2.28. The summed E-state index contributed by atoms with van der Waals surface area (Å²) in [5, 5.41) is 9.54. The Kier molecular flexibility index (Phi) is 35.6. The summed E-state index contributed by atoms with van der Waals surface area (Å²) in [5.41, 5.74) is 0. The summed E-state index contributed by atoms with van der Waals surface area (Å²) in [4.78, 5) is 24.2. The second-order valence-electron chi connectivity index (χ2n) is 12.6. The van der Waals surface area contributed by atoms with Gasteiger partial charge in [0.15, 0.2) is 6.10 Å². The molecule has 1 atom stereocenters. The fourth-order valence-electron chi connectivity index (χ4n) is 5.14. The van der Waals surface area contributed by atoms with E-state index in [4.69, 9.17) is 9.47 Å². The third-order valence-corrected chi connectivity index (χ3v) is 8.10. The van der Waals surface area contributed by atoms with Crippen LogP contribution in [0.15, 0.2) is 48.6 Å². The van der Waals surface area contributed by atoms with Crippen LogP contribution in [0.4, 0.5) is 0 Å². The molecular weight excluding hydrogens is 572 g/mol. The van der Waals surface area contributed by atoms with Crippen molar-refractivity contribution < 1.29 is 24.2 Å². The van der Waals surface area contributed by atoms with Gasteiger partial charge in [-0.2, -0.15) is 0 Å². The molecule has 0 aromatic heterocycles. The fourth-order valence-corrected chi connectivity index (χ4v) is 5.14. The van der Waals surface area contributed by atoms with Gasteiger partial charge in [0.05, 0.1) is 6.61 Å². The van der Waals surface area contributed by atoms with Crippen molar-refractivity contribution in [2.45, 2.75) is 187 Å². The number of carbonyl (C=O) groups is 2. The summed E-state index contributed by atoms with van der Waals surface area (Å²) in [7, 11) is 0. The summed E-state index contributed by atoms with van der Waals surface area (Å²) < 4.78 is 10.6. The zero-order valence-electron chi connectivity index (χ0n) is 30.1. The highest BCUT2D eigenvalue weighted by molar-refractivity contribution is 5.70. The minimum absolute atomic E-state index is 0.0878. The molecule has 0 aromatic rings. The van der Waals surface area contributed by atoms with E-state index in [1.165, 1.54) is 103 Å². The quantitative estimate of drug-likeness (QED) is 0.0429. The van der Waals surface area contributed by atoms with E-state index < -0.39 is 6.10 Å². The molecule has 0 saturated carbocycles. The molecule has 0 aromatic carbocycles. The first-order valence-electron chi connectivity index (χ1n) is 19.2. The number of carbonyl (C=O) groups excluding carboxylic acids is 2. The Morgan fingerprint density at radius 3 is 1.41 bits per heavy atom. The van der Waals surface area contributed by atoms with Crippen molar-refractivity contribution >= 4 is 11.9 Å². The third-order valence-electron chi connectivity index (χ3n) is 8.10. The Morgan fingerprint density at radius 1 is 0.500 bits per heavy atom. The highest BCUT2D eigenvalue weighted by Gasteiger charge is 2.16. The highest BCUT2D eigenvalue weighted by atomic mass is 16.6. The molecule has 0 bridgehead atoms. The van der Waals surface area contributed by atoms with Gasteiger partial charge in [-0.3, -0.25) is 9.59 Å². The fraction of sp³-hybridized carbons (Fsp3) is 0.756. The van der Waals surface area contributed by atoms with E-state index in [2.05, 4.69) is 62.5 Å². The van der Waals surface area contributed by atoms with E-state index in [1.54, 1.807) is 0 Å². The molecule has 0 rings (SSSR count). The number of ether oxygens (including phenoxy) is 2. The van der Waals surface area contributed by atoms with Gasteiger partial charge in [0.2, 0.25) is 0 Å². The number of rotatable bonds is 34. The van der Waals surface area contributed by atoms with Gasteiger partial charge in [-0.15, -0.1) is 0 Å². The van der Waals surface area contributed by atoms with Gasteiger partial charge >= 0.3 is 11.9 Å². The van der Waals surface area contributed by atoms with Crippen molar-refractivity contribution in [1.29, 1.82) is 0 Å².